The molecule has 0 atom stereocenters. The van der Waals surface area contributed by atoms with Gasteiger partial charge in [-0.3, -0.25) is 9.88 Å². The molecule has 0 aliphatic rings. The number of aromatic nitrogens is 1. The molecule has 0 N–H and O–H groups in total. The Morgan fingerprint density at radius 3 is 2.12 bits per heavy atom. The Labute approximate surface area is 195 Å². The minimum atomic E-state index is -0.581. The second-order valence-electron chi connectivity index (χ2n) is 8.59. The molecule has 1 heterocycles. The van der Waals surface area contributed by atoms with E-state index in [1.165, 1.54) is 0 Å². The van der Waals surface area contributed by atoms with Crippen molar-refractivity contribution in [2.45, 2.75) is 32.9 Å². The van der Waals surface area contributed by atoms with Crippen LogP contribution in [0.25, 0.3) is 0 Å². The van der Waals surface area contributed by atoms with Crippen LogP contribution in [0.4, 0.5) is 10.5 Å². The number of carbonyl (C=O) groups is 1. The Bertz CT molecular complexity index is 1020. The zero-order valence-corrected chi connectivity index (χ0v) is 19.7. The normalized spacial score (nSPS) is 11.0. The van der Waals surface area contributed by atoms with Gasteiger partial charge in [-0.25, -0.2) is 9.79 Å². The van der Waals surface area contributed by atoms with Gasteiger partial charge < -0.3 is 9.47 Å². The number of hydrogen-bond donors (Lipinski definition) is 0. The highest BCUT2D eigenvalue weighted by Gasteiger charge is 2.22. The van der Waals surface area contributed by atoms with Gasteiger partial charge in [0.1, 0.15) is 5.60 Å². The highest BCUT2D eigenvalue weighted by atomic mass is 16.6. The van der Waals surface area contributed by atoms with Crippen molar-refractivity contribution in [1.82, 2.24) is 9.88 Å². The molecule has 172 valence electrons. The third-order valence-corrected chi connectivity index (χ3v) is 4.71. The molecule has 1 amide bonds. The van der Waals surface area contributed by atoms with Gasteiger partial charge in [-0.1, -0.05) is 60.7 Å². The van der Waals surface area contributed by atoms with Crippen LogP contribution in [-0.2, 0) is 16.0 Å². The Kier molecular flexibility index (Phi) is 8.33. The summed E-state index contributed by atoms with van der Waals surface area (Å²) in [6, 6.07) is 23.9. The molecule has 3 rings (SSSR count). The number of aliphatic imine (C=N–C) groups is 1. The van der Waals surface area contributed by atoms with Crippen molar-refractivity contribution in [1.29, 1.82) is 0 Å². The van der Waals surface area contributed by atoms with E-state index in [1.807, 2.05) is 93.6 Å². The van der Waals surface area contributed by atoms with E-state index in [1.54, 1.807) is 18.2 Å². The van der Waals surface area contributed by atoms with Crippen molar-refractivity contribution < 1.29 is 14.3 Å². The van der Waals surface area contributed by atoms with Gasteiger partial charge in [-0.2, -0.15) is 0 Å². The van der Waals surface area contributed by atoms with E-state index in [2.05, 4.69) is 4.98 Å². The molecule has 3 aromatic rings. The second-order valence-corrected chi connectivity index (χ2v) is 8.59. The molecular weight excluding hydrogens is 414 g/mol. The number of nitrogens with zero attached hydrogens (tertiary/aromatic N) is 3. The maximum Gasteiger partial charge on any atom is 0.410 e. The summed E-state index contributed by atoms with van der Waals surface area (Å²) in [5, 5.41) is 0. The fraction of sp³-hybridized carbons (Fsp3) is 0.296. The van der Waals surface area contributed by atoms with Crippen LogP contribution in [0.5, 0.6) is 0 Å². The fourth-order valence-electron chi connectivity index (χ4n) is 3.20. The lowest BCUT2D eigenvalue weighted by molar-refractivity contribution is 0.0181. The van der Waals surface area contributed by atoms with E-state index in [0.717, 1.165) is 28.2 Å². The molecule has 6 nitrogen and oxygen atoms in total. The lowest BCUT2D eigenvalue weighted by atomic mass is 10.0. The standard InChI is InChI=1S/C27H31N3O3/c1-27(2,3)33-26(31)30(17-18-32-4)20-24-19-23(15-16-28-24)29-25(21-11-7-5-8-12-21)22-13-9-6-10-14-22/h5-16,19H,17-18,20H2,1-4H3. The molecule has 0 unspecified atom stereocenters. The van der Waals surface area contributed by atoms with Crippen LogP contribution < -0.4 is 0 Å². The molecule has 0 bridgehead atoms. The minimum Gasteiger partial charge on any atom is -0.444 e. The van der Waals surface area contributed by atoms with Gasteiger partial charge in [0.05, 0.1) is 30.2 Å². The van der Waals surface area contributed by atoms with E-state index in [4.69, 9.17) is 14.5 Å². The summed E-state index contributed by atoms with van der Waals surface area (Å²) in [6.45, 7) is 6.65. The molecular formula is C27H31N3O3. The molecule has 0 aliphatic carbocycles. The Balaban J connectivity index is 1.90. The number of methoxy groups -OCH3 is 1. The largest absolute Gasteiger partial charge is 0.444 e. The first-order valence-corrected chi connectivity index (χ1v) is 11.0. The molecule has 0 aliphatic heterocycles. The monoisotopic (exact) mass is 445 g/mol. The van der Waals surface area contributed by atoms with Gasteiger partial charge in [0, 0.05) is 31.0 Å². The predicted molar refractivity (Wildman–Crippen MR) is 131 cm³/mol. The SMILES string of the molecule is COCCN(Cc1cc(N=C(c2ccccc2)c2ccccc2)ccn1)C(=O)OC(C)(C)C. The first-order chi connectivity index (χ1) is 15.9. The highest BCUT2D eigenvalue weighted by molar-refractivity contribution is 6.13. The first kappa shape index (κ1) is 24.1. The second kappa shape index (κ2) is 11.4. The molecule has 1 aromatic heterocycles. The summed E-state index contributed by atoms with van der Waals surface area (Å²) < 4.78 is 10.7. The third kappa shape index (κ3) is 7.54. The van der Waals surface area contributed by atoms with E-state index in [-0.39, 0.29) is 0 Å². The average molecular weight is 446 g/mol. The Morgan fingerprint density at radius 1 is 0.970 bits per heavy atom. The number of benzene rings is 2. The van der Waals surface area contributed by atoms with E-state index < -0.39 is 11.7 Å². The number of carbonyl (C=O) groups excluding carboxylic acids is 1. The number of hydrogen-bond acceptors (Lipinski definition) is 5. The summed E-state index contributed by atoms with van der Waals surface area (Å²) in [4.78, 5) is 23.7. The number of ether oxygens (including phenoxy) is 2. The van der Waals surface area contributed by atoms with Crippen LogP contribution >= 0.6 is 0 Å². The van der Waals surface area contributed by atoms with E-state index >= 15 is 0 Å². The van der Waals surface area contributed by atoms with Gasteiger partial charge in [-0.15, -0.1) is 0 Å². The average Bonchev–Trinajstić information content (AvgIpc) is 2.80. The van der Waals surface area contributed by atoms with E-state index in [9.17, 15) is 4.79 Å². The molecule has 0 spiro atoms. The number of rotatable bonds is 8. The van der Waals surface area contributed by atoms with Crippen molar-refractivity contribution in [3.8, 4) is 0 Å². The van der Waals surface area contributed by atoms with Crippen LogP contribution in [0.15, 0.2) is 84.0 Å². The highest BCUT2D eigenvalue weighted by Crippen LogP contribution is 2.20. The van der Waals surface area contributed by atoms with Crippen molar-refractivity contribution in [3.63, 3.8) is 0 Å². The molecule has 0 saturated heterocycles. The third-order valence-electron chi connectivity index (χ3n) is 4.71. The van der Waals surface area contributed by atoms with Gasteiger partial charge in [0.25, 0.3) is 0 Å². The van der Waals surface area contributed by atoms with Crippen molar-refractivity contribution in [3.05, 3.63) is 95.8 Å². The van der Waals surface area contributed by atoms with Crippen molar-refractivity contribution >= 4 is 17.5 Å². The van der Waals surface area contributed by atoms with Crippen LogP contribution in [0, 0.1) is 0 Å². The summed E-state index contributed by atoms with van der Waals surface area (Å²) >= 11 is 0. The molecule has 33 heavy (non-hydrogen) atoms. The van der Waals surface area contributed by atoms with Crippen LogP contribution in [0.1, 0.15) is 37.6 Å². The maximum atomic E-state index is 12.7. The molecule has 2 aromatic carbocycles. The maximum absolute atomic E-state index is 12.7. The van der Waals surface area contributed by atoms with Gasteiger partial charge in [0.15, 0.2) is 0 Å². The van der Waals surface area contributed by atoms with Gasteiger partial charge in [0.2, 0.25) is 0 Å². The van der Waals surface area contributed by atoms with Crippen LogP contribution in [0.2, 0.25) is 0 Å². The topological polar surface area (TPSA) is 64.0 Å². The lowest BCUT2D eigenvalue weighted by Gasteiger charge is -2.27. The summed E-state index contributed by atoms with van der Waals surface area (Å²) in [5.41, 5.74) is 3.83. The van der Waals surface area contributed by atoms with E-state index in [0.29, 0.717) is 19.7 Å². The van der Waals surface area contributed by atoms with Gasteiger partial charge >= 0.3 is 6.09 Å². The molecule has 0 radical (unpaired) electrons. The smallest absolute Gasteiger partial charge is 0.410 e. The summed E-state index contributed by atoms with van der Waals surface area (Å²) in [6.07, 6.45) is 1.32. The Hall–Kier alpha value is -3.51. The van der Waals surface area contributed by atoms with Crippen LogP contribution in [-0.4, -0.2) is 47.6 Å². The molecule has 6 heteroatoms. The number of pyridine rings is 1. The van der Waals surface area contributed by atoms with Crippen molar-refractivity contribution in [2.75, 3.05) is 20.3 Å². The summed E-state index contributed by atoms with van der Waals surface area (Å²) in [7, 11) is 1.61. The molecule has 0 fully saturated rings. The quantitative estimate of drug-likeness (QED) is 0.421. The summed E-state index contributed by atoms with van der Waals surface area (Å²) in [5.74, 6) is 0. The zero-order valence-electron chi connectivity index (χ0n) is 19.7. The fourth-order valence-corrected chi connectivity index (χ4v) is 3.20. The first-order valence-electron chi connectivity index (χ1n) is 11.0. The van der Waals surface area contributed by atoms with Crippen LogP contribution in [0.3, 0.4) is 0 Å². The zero-order chi connectivity index (χ0) is 23.7. The van der Waals surface area contributed by atoms with Crippen molar-refractivity contribution in [2.24, 2.45) is 4.99 Å². The number of amides is 1. The molecule has 0 saturated carbocycles. The lowest BCUT2D eigenvalue weighted by Crippen LogP contribution is -2.38. The van der Waals surface area contributed by atoms with Gasteiger partial charge in [-0.05, 0) is 32.9 Å². The Morgan fingerprint density at radius 2 is 1.58 bits per heavy atom. The predicted octanol–water partition coefficient (Wildman–Crippen LogP) is 5.63. The minimum absolute atomic E-state index is 0.299.